The van der Waals surface area contributed by atoms with Crippen LogP contribution in [0.4, 0.5) is 0 Å². The first-order chi connectivity index (χ1) is 14.2. The molecule has 3 fully saturated rings. The van der Waals surface area contributed by atoms with Crippen LogP contribution in [0, 0.1) is 17.8 Å². The highest BCUT2D eigenvalue weighted by Gasteiger charge is 2.44. The van der Waals surface area contributed by atoms with Crippen molar-refractivity contribution >= 4 is 5.97 Å². The Labute approximate surface area is 173 Å². The van der Waals surface area contributed by atoms with Gasteiger partial charge in [-0.05, 0) is 73.6 Å². The second-order valence-corrected chi connectivity index (χ2v) is 8.59. The summed E-state index contributed by atoms with van der Waals surface area (Å²) >= 11 is 0. The third-order valence-electron chi connectivity index (χ3n) is 6.67. The summed E-state index contributed by atoms with van der Waals surface area (Å²) in [4.78, 5) is 11.4. The second-order valence-electron chi connectivity index (χ2n) is 8.59. The molecule has 3 saturated carbocycles. The Morgan fingerprint density at radius 2 is 1.79 bits per heavy atom. The Balaban J connectivity index is 1.23. The molecule has 4 heteroatoms. The van der Waals surface area contributed by atoms with Crippen LogP contribution in [0.25, 0.3) is 0 Å². The van der Waals surface area contributed by atoms with Gasteiger partial charge >= 0.3 is 5.97 Å². The van der Waals surface area contributed by atoms with Crippen molar-refractivity contribution < 1.29 is 14.6 Å². The van der Waals surface area contributed by atoms with E-state index in [1.165, 1.54) is 11.1 Å². The first kappa shape index (κ1) is 20.0. The number of carbonyl (C=O) groups is 1. The molecule has 0 heterocycles. The smallest absolute Gasteiger partial charge is 0.306 e. The van der Waals surface area contributed by atoms with Gasteiger partial charge in [0.25, 0.3) is 0 Å². The van der Waals surface area contributed by atoms with Crippen molar-refractivity contribution in [1.82, 2.24) is 5.32 Å². The number of nitrogens with one attached hydrogen (secondary N) is 1. The summed E-state index contributed by atoms with van der Waals surface area (Å²) in [5, 5.41) is 13.1. The van der Waals surface area contributed by atoms with E-state index in [9.17, 15) is 9.90 Å². The van der Waals surface area contributed by atoms with Crippen LogP contribution >= 0.6 is 0 Å². The third kappa shape index (κ3) is 5.18. The van der Waals surface area contributed by atoms with Gasteiger partial charge in [0.1, 0.15) is 5.75 Å². The quantitative estimate of drug-likeness (QED) is 0.608. The van der Waals surface area contributed by atoms with Gasteiger partial charge in [0.05, 0.1) is 12.5 Å². The van der Waals surface area contributed by atoms with Gasteiger partial charge in [-0.2, -0.15) is 0 Å². The highest BCUT2D eigenvalue weighted by molar-refractivity contribution is 5.70. The summed E-state index contributed by atoms with van der Waals surface area (Å²) in [6.07, 6.45) is 6.11. The van der Waals surface area contributed by atoms with Gasteiger partial charge < -0.3 is 15.2 Å². The summed E-state index contributed by atoms with van der Waals surface area (Å²) < 4.78 is 5.96. The number of rotatable bonds is 9. The van der Waals surface area contributed by atoms with E-state index in [4.69, 9.17) is 4.74 Å². The summed E-state index contributed by atoms with van der Waals surface area (Å²) in [7, 11) is 0. The fourth-order valence-electron chi connectivity index (χ4n) is 5.09. The fourth-order valence-corrected chi connectivity index (χ4v) is 5.09. The molecule has 0 spiro atoms. The Bertz CT molecular complexity index is 807. The molecular weight excluding hydrogens is 362 g/mol. The normalized spacial score (nSPS) is 25.7. The molecule has 0 aromatic heterocycles. The average Bonchev–Trinajstić information content (AvgIpc) is 2.76. The molecule has 5 rings (SSSR count). The predicted octanol–water partition coefficient (Wildman–Crippen LogP) is 4.68. The summed E-state index contributed by atoms with van der Waals surface area (Å²) in [5.74, 6) is 1.04. The van der Waals surface area contributed by atoms with Gasteiger partial charge in [0.2, 0.25) is 0 Å². The standard InChI is InChI=1S/C25H31NO3/c27-25(28)23-15-21-12-11-20(23)16-24(21)26-17-19-8-4-10-22(14-19)29-13-5-9-18-6-2-1-3-7-18/h1-4,6-8,10,14,20-21,23-24,26H,5,9,11-13,15-17H2,(H,27,28). The van der Waals surface area contributed by atoms with E-state index in [0.29, 0.717) is 24.5 Å². The van der Waals surface area contributed by atoms with Crippen molar-refractivity contribution in [2.45, 2.75) is 51.1 Å². The minimum absolute atomic E-state index is 0.126. The monoisotopic (exact) mass is 393 g/mol. The maximum atomic E-state index is 11.4. The molecule has 2 aromatic rings. The first-order valence-electron chi connectivity index (χ1n) is 10.9. The Morgan fingerprint density at radius 3 is 2.55 bits per heavy atom. The van der Waals surface area contributed by atoms with Crippen molar-refractivity contribution in [3.8, 4) is 5.75 Å². The molecule has 0 radical (unpaired) electrons. The van der Waals surface area contributed by atoms with Crippen molar-refractivity contribution in [2.24, 2.45) is 17.8 Å². The second kappa shape index (κ2) is 9.45. The third-order valence-corrected chi connectivity index (χ3v) is 6.67. The topological polar surface area (TPSA) is 58.6 Å². The molecule has 29 heavy (non-hydrogen) atoms. The van der Waals surface area contributed by atoms with Crippen LogP contribution in [-0.2, 0) is 17.8 Å². The van der Waals surface area contributed by atoms with Gasteiger partial charge in [0.15, 0.2) is 0 Å². The van der Waals surface area contributed by atoms with E-state index in [2.05, 4.69) is 47.8 Å². The molecule has 4 unspecified atom stereocenters. The molecule has 0 saturated heterocycles. The van der Waals surface area contributed by atoms with E-state index in [0.717, 1.165) is 50.8 Å². The molecule has 3 aliphatic rings. The number of hydrogen-bond acceptors (Lipinski definition) is 3. The Hall–Kier alpha value is -2.33. The first-order valence-corrected chi connectivity index (χ1v) is 10.9. The Morgan fingerprint density at radius 1 is 1.00 bits per heavy atom. The highest BCUT2D eigenvalue weighted by Crippen LogP contribution is 2.45. The van der Waals surface area contributed by atoms with Crippen LogP contribution in [0.15, 0.2) is 54.6 Å². The zero-order valence-electron chi connectivity index (χ0n) is 16.9. The highest BCUT2D eigenvalue weighted by atomic mass is 16.5. The molecule has 4 nitrogen and oxygen atoms in total. The molecule has 2 bridgehead atoms. The summed E-state index contributed by atoms with van der Waals surface area (Å²) in [6.45, 7) is 1.53. The number of aryl methyl sites for hydroxylation is 1. The molecule has 2 N–H and O–H groups in total. The van der Waals surface area contributed by atoms with Crippen LogP contribution in [0.2, 0.25) is 0 Å². The number of fused-ring (bicyclic) bond motifs is 3. The van der Waals surface area contributed by atoms with Crippen LogP contribution in [0.5, 0.6) is 5.75 Å². The number of carboxylic acid groups (broad SMARTS) is 1. The number of hydrogen-bond donors (Lipinski definition) is 2. The maximum Gasteiger partial charge on any atom is 0.306 e. The lowest BCUT2D eigenvalue weighted by Crippen LogP contribution is -2.49. The van der Waals surface area contributed by atoms with Crippen LogP contribution < -0.4 is 10.1 Å². The van der Waals surface area contributed by atoms with E-state index in [1.54, 1.807) is 0 Å². The molecule has 0 aliphatic heterocycles. The zero-order chi connectivity index (χ0) is 20.1. The average molecular weight is 394 g/mol. The molecule has 2 aromatic carbocycles. The van der Waals surface area contributed by atoms with Crippen molar-refractivity contribution in [2.75, 3.05) is 6.61 Å². The van der Waals surface area contributed by atoms with E-state index in [1.807, 2.05) is 12.1 Å². The minimum atomic E-state index is -0.602. The molecular formula is C25H31NO3. The van der Waals surface area contributed by atoms with Crippen LogP contribution in [-0.4, -0.2) is 23.7 Å². The number of benzene rings is 2. The van der Waals surface area contributed by atoms with Gasteiger partial charge in [-0.3, -0.25) is 4.79 Å². The van der Waals surface area contributed by atoms with Gasteiger partial charge in [-0.15, -0.1) is 0 Å². The molecule has 154 valence electrons. The Kier molecular flexibility index (Phi) is 6.50. The van der Waals surface area contributed by atoms with Crippen LogP contribution in [0.3, 0.4) is 0 Å². The maximum absolute atomic E-state index is 11.4. The fraction of sp³-hybridized carbons (Fsp3) is 0.480. The number of carboxylic acids is 1. The lowest BCUT2D eigenvalue weighted by Gasteiger charge is -2.46. The number of ether oxygens (including phenoxy) is 1. The van der Waals surface area contributed by atoms with E-state index >= 15 is 0 Å². The lowest BCUT2D eigenvalue weighted by molar-refractivity contribution is -0.148. The van der Waals surface area contributed by atoms with Crippen molar-refractivity contribution in [1.29, 1.82) is 0 Å². The van der Waals surface area contributed by atoms with Crippen molar-refractivity contribution in [3.63, 3.8) is 0 Å². The van der Waals surface area contributed by atoms with Crippen LogP contribution in [0.1, 0.15) is 43.2 Å². The SMILES string of the molecule is O=C(O)C1CC2CCC1CC2NCc1cccc(OCCCc2ccccc2)c1. The molecule has 4 atom stereocenters. The van der Waals surface area contributed by atoms with Gasteiger partial charge in [-0.25, -0.2) is 0 Å². The van der Waals surface area contributed by atoms with E-state index < -0.39 is 5.97 Å². The van der Waals surface area contributed by atoms with Crippen molar-refractivity contribution in [3.05, 3.63) is 65.7 Å². The van der Waals surface area contributed by atoms with Gasteiger partial charge in [-0.1, -0.05) is 42.5 Å². The predicted molar refractivity (Wildman–Crippen MR) is 114 cm³/mol. The summed E-state index contributed by atoms with van der Waals surface area (Å²) in [5.41, 5.74) is 2.57. The molecule has 0 amide bonds. The van der Waals surface area contributed by atoms with E-state index in [-0.39, 0.29) is 5.92 Å². The minimum Gasteiger partial charge on any atom is -0.494 e. The molecule has 3 aliphatic carbocycles. The summed E-state index contributed by atoms with van der Waals surface area (Å²) in [6, 6.07) is 19.3. The lowest BCUT2D eigenvalue weighted by atomic mass is 9.62. The van der Waals surface area contributed by atoms with Gasteiger partial charge in [0, 0.05) is 12.6 Å². The largest absolute Gasteiger partial charge is 0.494 e. The zero-order valence-corrected chi connectivity index (χ0v) is 16.9. The number of aliphatic carboxylic acids is 1.